The highest BCUT2D eigenvalue weighted by Crippen LogP contribution is 2.10. The molecule has 0 bridgehead atoms. The number of anilines is 3. The van der Waals surface area contributed by atoms with Gasteiger partial charge in [-0.25, -0.2) is 0 Å². The summed E-state index contributed by atoms with van der Waals surface area (Å²) in [6.07, 6.45) is 0. The molecule has 18 heavy (non-hydrogen) atoms. The van der Waals surface area contributed by atoms with Crippen molar-refractivity contribution in [2.45, 2.75) is 13.0 Å². The molecule has 0 aliphatic rings. The summed E-state index contributed by atoms with van der Waals surface area (Å²) in [5.41, 5.74) is 11.0. The number of ether oxygens (including phenoxy) is 1. The van der Waals surface area contributed by atoms with E-state index < -0.39 is 6.04 Å². The maximum Gasteiger partial charge on any atom is 0.242 e. The van der Waals surface area contributed by atoms with Gasteiger partial charge in [-0.05, 0) is 6.92 Å². The van der Waals surface area contributed by atoms with Gasteiger partial charge in [-0.3, -0.25) is 4.79 Å². The van der Waals surface area contributed by atoms with Crippen LogP contribution in [0.3, 0.4) is 0 Å². The number of methoxy groups -OCH3 is 1. The zero-order chi connectivity index (χ0) is 13.5. The van der Waals surface area contributed by atoms with E-state index in [0.29, 0.717) is 19.0 Å². The van der Waals surface area contributed by atoms with Gasteiger partial charge in [-0.1, -0.05) is 0 Å². The van der Waals surface area contributed by atoms with Crippen LogP contribution in [0.1, 0.15) is 6.92 Å². The van der Waals surface area contributed by atoms with E-state index in [1.807, 2.05) is 0 Å². The highest BCUT2D eigenvalue weighted by atomic mass is 16.5. The molecule has 1 amide bonds. The molecule has 0 saturated heterocycles. The summed E-state index contributed by atoms with van der Waals surface area (Å²) in [4.78, 5) is 19.3. The summed E-state index contributed by atoms with van der Waals surface area (Å²) < 4.78 is 4.83. The topological polar surface area (TPSA) is 128 Å². The molecule has 6 N–H and O–H groups in total. The van der Waals surface area contributed by atoms with Crippen molar-refractivity contribution >= 4 is 23.5 Å². The van der Waals surface area contributed by atoms with Crippen LogP contribution in [-0.4, -0.2) is 42.2 Å². The fourth-order valence-corrected chi connectivity index (χ4v) is 1.28. The Kier molecular flexibility index (Phi) is 5.12. The largest absolute Gasteiger partial charge is 0.383 e. The normalized spacial score (nSPS) is 11.9. The molecule has 8 heteroatoms. The summed E-state index contributed by atoms with van der Waals surface area (Å²) in [5, 5.41) is 5.59. The average Bonchev–Trinajstić information content (AvgIpc) is 2.27. The Morgan fingerprint density at radius 3 is 2.83 bits per heavy atom. The van der Waals surface area contributed by atoms with Crippen molar-refractivity contribution < 1.29 is 9.53 Å². The molecule has 1 aromatic rings. The van der Waals surface area contributed by atoms with E-state index in [1.54, 1.807) is 14.0 Å². The van der Waals surface area contributed by atoms with Gasteiger partial charge in [-0.15, -0.1) is 0 Å². The predicted molar refractivity (Wildman–Crippen MR) is 68.8 cm³/mol. The number of hydrogen-bond acceptors (Lipinski definition) is 7. The number of nitrogens with zero attached hydrogens (tertiary/aromatic N) is 2. The first-order valence-corrected chi connectivity index (χ1v) is 5.46. The van der Waals surface area contributed by atoms with Crippen molar-refractivity contribution in [3.8, 4) is 0 Å². The molecule has 8 nitrogen and oxygen atoms in total. The van der Waals surface area contributed by atoms with Crippen molar-refractivity contribution in [3.05, 3.63) is 6.07 Å². The number of nitrogen functional groups attached to an aromatic ring is 2. The third-order valence-corrected chi connectivity index (χ3v) is 2.13. The maximum atomic E-state index is 11.7. The molecular formula is C10H18N6O2. The summed E-state index contributed by atoms with van der Waals surface area (Å²) in [7, 11) is 1.57. The highest BCUT2D eigenvalue weighted by molar-refractivity contribution is 5.83. The van der Waals surface area contributed by atoms with E-state index in [9.17, 15) is 4.79 Å². The third-order valence-electron chi connectivity index (χ3n) is 2.13. The zero-order valence-corrected chi connectivity index (χ0v) is 10.4. The highest BCUT2D eigenvalue weighted by Gasteiger charge is 2.13. The second-order valence-corrected chi connectivity index (χ2v) is 3.69. The minimum absolute atomic E-state index is 0.0597. The Morgan fingerprint density at radius 2 is 2.22 bits per heavy atom. The lowest BCUT2D eigenvalue weighted by molar-refractivity contribution is -0.121. The van der Waals surface area contributed by atoms with Gasteiger partial charge in [0.25, 0.3) is 0 Å². The minimum atomic E-state index is -0.462. The van der Waals surface area contributed by atoms with Crippen molar-refractivity contribution in [2.75, 3.05) is 37.0 Å². The number of rotatable bonds is 6. The van der Waals surface area contributed by atoms with E-state index in [1.165, 1.54) is 6.07 Å². The van der Waals surface area contributed by atoms with Crippen molar-refractivity contribution in [1.82, 2.24) is 15.3 Å². The number of amides is 1. The number of hydrogen-bond donors (Lipinski definition) is 4. The van der Waals surface area contributed by atoms with Crippen LogP contribution in [0.4, 0.5) is 17.6 Å². The van der Waals surface area contributed by atoms with Crippen molar-refractivity contribution in [3.63, 3.8) is 0 Å². The smallest absolute Gasteiger partial charge is 0.242 e. The van der Waals surface area contributed by atoms with Gasteiger partial charge >= 0.3 is 0 Å². The van der Waals surface area contributed by atoms with Crippen molar-refractivity contribution in [1.29, 1.82) is 0 Å². The first-order valence-electron chi connectivity index (χ1n) is 5.46. The number of nitrogens with two attached hydrogens (primary N) is 2. The summed E-state index contributed by atoms with van der Waals surface area (Å²) in [6.45, 7) is 2.62. The third kappa shape index (κ3) is 4.42. The van der Waals surface area contributed by atoms with Crippen LogP contribution in [0.2, 0.25) is 0 Å². The van der Waals surface area contributed by atoms with Gasteiger partial charge in [0.1, 0.15) is 17.7 Å². The summed E-state index contributed by atoms with van der Waals surface area (Å²) in [6, 6.07) is 1.05. The first-order chi connectivity index (χ1) is 8.52. The van der Waals surface area contributed by atoms with E-state index >= 15 is 0 Å². The van der Waals surface area contributed by atoms with E-state index in [-0.39, 0.29) is 17.7 Å². The van der Waals surface area contributed by atoms with E-state index in [2.05, 4.69) is 20.6 Å². The molecule has 1 atom stereocenters. The van der Waals surface area contributed by atoms with Crippen LogP contribution in [0.5, 0.6) is 0 Å². The molecule has 0 radical (unpaired) electrons. The molecule has 0 aliphatic heterocycles. The molecule has 1 heterocycles. The fraction of sp³-hybridized carbons (Fsp3) is 0.500. The van der Waals surface area contributed by atoms with Crippen LogP contribution in [0.15, 0.2) is 6.07 Å². The quantitative estimate of drug-likeness (QED) is 0.489. The molecule has 0 spiro atoms. The Labute approximate surface area is 105 Å². The lowest BCUT2D eigenvalue weighted by Crippen LogP contribution is -2.39. The Hall–Kier alpha value is -2.09. The molecule has 1 unspecified atom stereocenters. The van der Waals surface area contributed by atoms with Crippen LogP contribution in [0.25, 0.3) is 0 Å². The maximum absolute atomic E-state index is 11.7. The molecule has 100 valence electrons. The molecule has 0 fully saturated rings. The second kappa shape index (κ2) is 6.60. The van der Waals surface area contributed by atoms with E-state index in [0.717, 1.165) is 0 Å². The number of carbonyl (C=O) groups excluding carboxylic acids is 1. The monoisotopic (exact) mass is 254 g/mol. The SMILES string of the molecule is COCCNC(=O)C(C)Nc1cc(N)nc(N)n1. The van der Waals surface area contributed by atoms with Gasteiger partial charge < -0.3 is 26.8 Å². The van der Waals surface area contributed by atoms with Gasteiger partial charge in [0.05, 0.1) is 6.61 Å². The summed E-state index contributed by atoms with van der Waals surface area (Å²) in [5.74, 6) is 0.554. The zero-order valence-electron chi connectivity index (χ0n) is 10.4. The van der Waals surface area contributed by atoms with Crippen LogP contribution < -0.4 is 22.1 Å². The van der Waals surface area contributed by atoms with Gasteiger partial charge in [0.15, 0.2) is 0 Å². The second-order valence-electron chi connectivity index (χ2n) is 3.69. The number of carbonyl (C=O) groups is 1. The molecular weight excluding hydrogens is 236 g/mol. The van der Waals surface area contributed by atoms with Crippen LogP contribution >= 0.6 is 0 Å². The predicted octanol–water partition coefficient (Wildman–Crippen LogP) is -0.796. The standard InChI is InChI=1S/C10H18N6O2/c1-6(9(17)13-3-4-18-2)14-8-5-7(11)15-10(12)16-8/h5-6H,3-4H2,1-2H3,(H,13,17)(H5,11,12,14,15,16). The number of nitrogens with one attached hydrogen (secondary N) is 2. The number of aromatic nitrogens is 2. The Morgan fingerprint density at radius 1 is 1.50 bits per heavy atom. The van der Waals surface area contributed by atoms with Gasteiger partial charge in [-0.2, -0.15) is 9.97 Å². The molecule has 1 aromatic heterocycles. The van der Waals surface area contributed by atoms with Gasteiger partial charge in [0, 0.05) is 19.7 Å². The van der Waals surface area contributed by atoms with E-state index in [4.69, 9.17) is 16.2 Å². The minimum Gasteiger partial charge on any atom is -0.383 e. The lowest BCUT2D eigenvalue weighted by Gasteiger charge is -2.14. The van der Waals surface area contributed by atoms with Crippen LogP contribution in [-0.2, 0) is 9.53 Å². The average molecular weight is 254 g/mol. The Balaban J connectivity index is 2.52. The lowest BCUT2D eigenvalue weighted by atomic mass is 10.3. The Bertz CT molecular complexity index is 391. The first kappa shape index (κ1) is 14.0. The summed E-state index contributed by atoms with van der Waals surface area (Å²) >= 11 is 0. The molecule has 0 aliphatic carbocycles. The molecule has 0 saturated carbocycles. The van der Waals surface area contributed by atoms with Gasteiger partial charge in [0.2, 0.25) is 11.9 Å². The molecule has 0 aromatic carbocycles. The molecule has 1 rings (SSSR count). The fourth-order valence-electron chi connectivity index (χ4n) is 1.28. The van der Waals surface area contributed by atoms with Crippen molar-refractivity contribution in [2.24, 2.45) is 0 Å². The van der Waals surface area contributed by atoms with Crippen LogP contribution in [0, 0.1) is 0 Å².